The molecule has 0 aromatic heterocycles. The Labute approximate surface area is 153 Å². The van der Waals surface area contributed by atoms with Crippen LogP contribution in [0, 0.1) is 11.3 Å². The Kier molecular flexibility index (Phi) is 8.15. The normalized spacial score (nSPS) is 11.8. The lowest BCUT2D eigenvalue weighted by Gasteiger charge is -2.09. The van der Waals surface area contributed by atoms with E-state index in [2.05, 4.69) is 26.5 Å². The molecule has 0 amide bonds. The molecule has 0 atom stereocenters. The van der Waals surface area contributed by atoms with E-state index in [1.54, 1.807) is 44.2 Å². The molecule has 0 unspecified atom stereocenters. The Balaban J connectivity index is 3.24. The maximum Gasteiger partial charge on any atom is 0.360 e. The summed E-state index contributed by atoms with van der Waals surface area (Å²) in [6.45, 7) is 3.32. The van der Waals surface area contributed by atoms with E-state index in [4.69, 9.17) is 20.5 Å². The Morgan fingerprint density at radius 2 is 1.76 bits per heavy atom. The molecule has 1 rings (SSSR count). The number of ether oxygens (including phenoxy) is 2. The van der Waals surface area contributed by atoms with Crippen molar-refractivity contribution in [2.24, 2.45) is 10.8 Å². The van der Waals surface area contributed by atoms with Gasteiger partial charge in [-0.15, -0.1) is 0 Å². The average Bonchev–Trinajstić information content (AvgIpc) is 2.58. The van der Waals surface area contributed by atoms with Crippen LogP contribution in [0.15, 0.2) is 45.1 Å². The standard InChI is InChI=1S/C16H17BrN4O4/c1-3-24-15(22)12(9-18)13(19)14(16(23)25-4-2)21-20-11-7-5-10(17)6-8-11/h5-8,20H,3-4,19H2,1-2H3. The number of rotatable bonds is 7. The molecule has 0 heterocycles. The van der Waals surface area contributed by atoms with Crippen LogP contribution in [0.2, 0.25) is 0 Å². The summed E-state index contributed by atoms with van der Waals surface area (Å²) in [5.41, 5.74) is 7.65. The molecule has 9 heteroatoms. The van der Waals surface area contributed by atoms with Gasteiger partial charge in [-0.05, 0) is 38.1 Å². The number of hydrogen-bond acceptors (Lipinski definition) is 8. The van der Waals surface area contributed by atoms with Crippen molar-refractivity contribution in [3.63, 3.8) is 0 Å². The highest BCUT2D eigenvalue weighted by Crippen LogP contribution is 2.14. The van der Waals surface area contributed by atoms with Crippen LogP contribution in [0.1, 0.15) is 13.8 Å². The number of nitrogens with two attached hydrogens (primary N) is 1. The molecule has 0 radical (unpaired) electrons. The van der Waals surface area contributed by atoms with Crippen LogP contribution in [0.3, 0.4) is 0 Å². The zero-order valence-electron chi connectivity index (χ0n) is 13.7. The van der Waals surface area contributed by atoms with Crippen molar-refractivity contribution in [1.82, 2.24) is 0 Å². The Morgan fingerprint density at radius 1 is 1.20 bits per heavy atom. The zero-order chi connectivity index (χ0) is 18.8. The number of hydrogen-bond donors (Lipinski definition) is 2. The summed E-state index contributed by atoms with van der Waals surface area (Å²) < 4.78 is 10.5. The van der Waals surface area contributed by atoms with Gasteiger partial charge in [-0.25, -0.2) is 9.59 Å². The summed E-state index contributed by atoms with van der Waals surface area (Å²) in [6, 6.07) is 8.56. The second kappa shape index (κ2) is 10.1. The monoisotopic (exact) mass is 408 g/mol. The van der Waals surface area contributed by atoms with Gasteiger partial charge in [-0.1, -0.05) is 15.9 Å². The van der Waals surface area contributed by atoms with E-state index in [1.165, 1.54) is 0 Å². The first-order valence-electron chi connectivity index (χ1n) is 7.28. The van der Waals surface area contributed by atoms with Gasteiger partial charge in [-0.3, -0.25) is 5.43 Å². The van der Waals surface area contributed by atoms with Gasteiger partial charge in [0.25, 0.3) is 0 Å². The molecule has 0 saturated carbocycles. The fourth-order valence-corrected chi connectivity index (χ4v) is 1.86. The van der Waals surface area contributed by atoms with Crippen molar-refractivity contribution in [3.05, 3.63) is 40.0 Å². The van der Waals surface area contributed by atoms with Gasteiger partial charge in [0.2, 0.25) is 0 Å². The quantitative estimate of drug-likeness (QED) is 0.232. The first-order chi connectivity index (χ1) is 11.9. The lowest BCUT2D eigenvalue weighted by molar-refractivity contribution is -0.138. The molecule has 0 saturated heterocycles. The zero-order valence-corrected chi connectivity index (χ0v) is 15.3. The number of nitriles is 1. The van der Waals surface area contributed by atoms with Crippen LogP contribution in [0.4, 0.5) is 5.69 Å². The summed E-state index contributed by atoms with van der Waals surface area (Å²) in [5, 5.41) is 13.0. The molecule has 132 valence electrons. The molecule has 0 spiro atoms. The molecule has 0 fully saturated rings. The first-order valence-corrected chi connectivity index (χ1v) is 8.07. The number of esters is 2. The second-order valence-corrected chi connectivity index (χ2v) is 5.34. The van der Waals surface area contributed by atoms with Crippen LogP contribution in [-0.4, -0.2) is 30.9 Å². The summed E-state index contributed by atoms with van der Waals surface area (Å²) >= 11 is 3.30. The van der Waals surface area contributed by atoms with E-state index in [9.17, 15) is 9.59 Å². The minimum absolute atomic E-state index is 0.0559. The average molecular weight is 409 g/mol. The van der Waals surface area contributed by atoms with Crippen LogP contribution in [0.25, 0.3) is 0 Å². The number of carbonyl (C=O) groups is 2. The summed E-state index contributed by atoms with van der Waals surface area (Å²) in [4.78, 5) is 23.9. The van der Waals surface area contributed by atoms with Crippen molar-refractivity contribution >= 4 is 39.3 Å². The lowest BCUT2D eigenvalue weighted by atomic mass is 10.1. The van der Waals surface area contributed by atoms with Gasteiger partial charge in [0.05, 0.1) is 24.6 Å². The summed E-state index contributed by atoms with van der Waals surface area (Å²) in [5.74, 6) is -1.81. The van der Waals surface area contributed by atoms with E-state index in [0.717, 1.165) is 4.47 Å². The SMILES string of the molecule is CCOC(=O)C(=NNc1ccc(Br)cc1)C(N)=C(C#N)C(=O)OCC. The van der Waals surface area contributed by atoms with E-state index >= 15 is 0 Å². The number of halogens is 1. The Bertz CT molecular complexity index is 735. The largest absolute Gasteiger partial charge is 0.462 e. The molecule has 0 aliphatic heterocycles. The number of benzene rings is 1. The molecule has 0 bridgehead atoms. The predicted octanol–water partition coefficient (Wildman–Crippen LogP) is 2.08. The number of nitrogens with one attached hydrogen (secondary N) is 1. The van der Waals surface area contributed by atoms with E-state index in [-0.39, 0.29) is 13.2 Å². The molecule has 0 aliphatic carbocycles. The van der Waals surface area contributed by atoms with Crippen LogP contribution < -0.4 is 11.2 Å². The molecular weight excluding hydrogens is 392 g/mol. The predicted molar refractivity (Wildman–Crippen MR) is 95.3 cm³/mol. The fourth-order valence-electron chi connectivity index (χ4n) is 1.60. The highest BCUT2D eigenvalue weighted by molar-refractivity contribution is 9.10. The van der Waals surface area contributed by atoms with E-state index in [0.29, 0.717) is 5.69 Å². The number of nitrogens with zero attached hydrogens (tertiary/aromatic N) is 2. The van der Waals surface area contributed by atoms with Gasteiger partial charge >= 0.3 is 11.9 Å². The third kappa shape index (κ3) is 5.93. The van der Waals surface area contributed by atoms with Crippen LogP contribution in [0.5, 0.6) is 0 Å². The molecule has 1 aromatic carbocycles. The first kappa shape index (κ1) is 20.2. The van der Waals surface area contributed by atoms with Gasteiger partial charge in [0.1, 0.15) is 6.07 Å². The number of hydrazone groups is 1. The van der Waals surface area contributed by atoms with Crippen molar-refractivity contribution in [1.29, 1.82) is 5.26 Å². The van der Waals surface area contributed by atoms with Crippen molar-refractivity contribution < 1.29 is 19.1 Å². The maximum atomic E-state index is 12.1. The lowest BCUT2D eigenvalue weighted by Crippen LogP contribution is -2.28. The topological polar surface area (TPSA) is 127 Å². The highest BCUT2D eigenvalue weighted by Gasteiger charge is 2.24. The fraction of sp³-hybridized carbons (Fsp3) is 0.250. The van der Waals surface area contributed by atoms with Crippen molar-refractivity contribution in [2.45, 2.75) is 13.8 Å². The molecule has 3 N–H and O–H groups in total. The van der Waals surface area contributed by atoms with E-state index in [1.807, 2.05) is 0 Å². The molecular formula is C16H17BrN4O4. The minimum Gasteiger partial charge on any atom is -0.462 e. The molecule has 0 aliphatic rings. The number of carbonyl (C=O) groups excluding carboxylic acids is 2. The smallest absolute Gasteiger partial charge is 0.360 e. The van der Waals surface area contributed by atoms with Crippen molar-refractivity contribution in [3.8, 4) is 6.07 Å². The third-order valence-electron chi connectivity index (χ3n) is 2.73. The molecule has 25 heavy (non-hydrogen) atoms. The molecule has 1 aromatic rings. The maximum absolute atomic E-state index is 12.1. The van der Waals surface area contributed by atoms with Gasteiger partial charge < -0.3 is 15.2 Å². The Hall–Kier alpha value is -2.86. The highest BCUT2D eigenvalue weighted by atomic mass is 79.9. The van der Waals surface area contributed by atoms with Crippen molar-refractivity contribution in [2.75, 3.05) is 18.6 Å². The second-order valence-electron chi connectivity index (χ2n) is 4.42. The third-order valence-corrected chi connectivity index (χ3v) is 3.25. The van der Waals surface area contributed by atoms with Gasteiger partial charge in [0.15, 0.2) is 11.3 Å². The van der Waals surface area contributed by atoms with Gasteiger partial charge in [0, 0.05) is 4.47 Å². The minimum atomic E-state index is -0.942. The van der Waals surface area contributed by atoms with Crippen LogP contribution >= 0.6 is 15.9 Å². The molecule has 8 nitrogen and oxygen atoms in total. The van der Waals surface area contributed by atoms with Crippen LogP contribution in [-0.2, 0) is 19.1 Å². The summed E-state index contributed by atoms with van der Waals surface area (Å²) in [6.07, 6.45) is 0. The van der Waals surface area contributed by atoms with E-state index < -0.39 is 28.9 Å². The number of anilines is 1. The summed E-state index contributed by atoms with van der Waals surface area (Å²) in [7, 11) is 0. The van der Waals surface area contributed by atoms with Gasteiger partial charge in [-0.2, -0.15) is 10.4 Å². The Morgan fingerprint density at radius 3 is 2.28 bits per heavy atom.